The maximum atomic E-state index is 11.9. The van der Waals surface area contributed by atoms with Crippen LogP contribution in [-0.4, -0.2) is 53.3 Å². The van der Waals surface area contributed by atoms with Gasteiger partial charge in [0.1, 0.15) is 11.5 Å². The van der Waals surface area contributed by atoms with Crippen molar-refractivity contribution in [2.45, 2.75) is 19.9 Å². The average Bonchev–Trinajstić information content (AvgIpc) is 2.83. The highest BCUT2D eigenvalue weighted by Gasteiger charge is 2.20. The third-order valence-corrected chi connectivity index (χ3v) is 5.56. The van der Waals surface area contributed by atoms with Gasteiger partial charge >= 0.3 is 0 Å². The summed E-state index contributed by atoms with van der Waals surface area (Å²) in [5.74, 6) is 0.983. The SMILES string of the molecule is CCN1CCc2cc(OC)c(Nc3nnc(C(N)=O)c(Nc4cccc(OC)c4)n3)cc2C1. The summed E-state index contributed by atoms with van der Waals surface area (Å²) in [6, 6.07) is 11.3. The minimum absolute atomic E-state index is 0.0700. The second-order valence-electron chi connectivity index (χ2n) is 7.62. The second-order valence-corrected chi connectivity index (χ2v) is 7.62. The zero-order valence-corrected chi connectivity index (χ0v) is 18.9. The lowest BCUT2D eigenvalue weighted by atomic mass is 9.98. The van der Waals surface area contributed by atoms with Crippen LogP contribution in [0, 0.1) is 0 Å². The number of hydrogen-bond acceptors (Lipinski definition) is 9. The van der Waals surface area contributed by atoms with Gasteiger partial charge < -0.3 is 25.8 Å². The number of methoxy groups -OCH3 is 2. The molecule has 10 nitrogen and oxygen atoms in total. The van der Waals surface area contributed by atoms with Gasteiger partial charge in [0.25, 0.3) is 5.91 Å². The van der Waals surface area contributed by atoms with Crippen LogP contribution in [0.2, 0.25) is 0 Å². The number of nitrogens with one attached hydrogen (secondary N) is 2. The highest BCUT2D eigenvalue weighted by atomic mass is 16.5. The van der Waals surface area contributed by atoms with E-state index in [1.54, 1.807) is 20.3 Å². The molecule has 4 N–H and O–H groups in total. The maximum Gasteiger partial charge on any atom is 0.273 e. The predicted octanol–water partition coefficient (Wildman–Crippen LogP) is 2.85. The zero-order chi connectivity index (χ0) is 23.4. The number of ether oxygens (including phenoxy) is 2. The van der Waals surface area contributed by atoms with Gasteiger partial charge in [0, 0.05) is 24.8 Å². The number of hydrogen-bond donors (Lipinski definition) is 3. The van der Waals surface area contributed by atoms with Crippen LogP contribution in [-0.2, 0) is 13.0 Å². The number of fused-ring (bicyclic) bond motifs is 1. The van der Waals surface area contributed by atoms with Crippen LogP contribution in [0.1, 0.15) is 28.5 Å². The molecule has 0 unspecified atom stereocenters. The van der Waals surface area contributed by atoms with Crippen molar-refractivity contribution in [3.05, 3.63) is 53.2 Å². The third kappa shape index (κ3) is 4.96. The minimum Gasteiger partial charge on any atom is -0.497 e. The lowest BCUT2D eigenvalue weighted by Crippen LogP contribution is -2.30. The molecule has 1 aliphatic heterocycles. The molecule has 10 heteroatoms. The summed E-state index contributed by atoms with van der Waals surface area (Å²) in [6.45, 7) is 5.05. The Bertz CT molecular complexity index is 1170. The van der Waals surface area contributed by atoms with Gasteiger partial charge in [0.15, 0.2) is 11.5 Å². The van der Waals surface area contributed by atoms with E-state index in [2.05, 4.69) is 43.7 Å². The Morgan fingerprint density at radius 1 is 1.12 bits per heavy atom. The molecule has 0 saturated carbocycles. The van der Waals surface area contributed by atoms with E-state index >= 15 is 0 Å². The first-order chi connectivity index (χ1) is 16.0. The molecule has 3 aromatic rings. The van der Waals surface area contributed by atoms with E-state index < -0.39 is 5.91 Å². The second kappa shape index (κ2) is 9.70. The van der Waals surface area contributed by atoms with Crippen molar-refractivity contribution >= 4 is 29.0 Å². The van der Waals surface area contributed by atoms with Crippen molar-refractivity contribution in [2.75, 3.05) is 37.9 Å². The Hall–Kier alpha value is -3.92. The minimum atomic E-state index is -0.738. The van der Waals surface area contributed by atoms with Crippen molar-refractivity contribution in [1.82, 2.24) is 20.1 Å². The van der Waals surface area contributed by atoms with E-state index in [1.165, 1.54) is 11.1 Å². The zero-order valence-electron chi connectivity index (χ0n) is 18.9. The number of rotatable bonds is 8. The molecule has 0 fully saturated rings. The molecule has 2 aromatic carbocycles. The van der Waals surface area contributed by atoms with E-state index in [4.69, 9.17) is 15.2 Å². The van der Waals surface area contributed by atoms with Crippen LogP contribution in [0.15, 0.2) is 36.4 Å². The highest BCUT2D eigenvalue weighted by Crippen LogP contribution is 2.33. The summed E-state index contributed by atoms with van der Waals surface area (Å²) in [5.41, 5.74) is 9.29. The van der Waals surface area contributed by atoms with Crippen LogP contribution in [0.3, 0.4) is 0 Å². The summed E-state index contributed by atoms with van der Waals surface area (Å²) in [4.78, 5) is 18.7. The van der Waals surface area contributed by atoms with Crippen LogP contribution in [0.4, 0.5) is 23.1 Å². The van der Waals surface area contributed by atoms with Gasteiger partial charge in [-0.15, -0.1) is 10.2 Å². The lowest BCUT2D eigenvalue weighted by molar-refractivity contribution is 0.0995. The molecule has 1 aromatic heterocycles. The molecule has 1 aliphatic rings. The van der Waals surface area contributed by atoms with E-state index in [1.807, 2.05) is 24.3 Å². The number of benzene rings is 2. The Balaban J connectivity index is 1.66. The first-order valence-electron chi connectivity index (χ1n) is 10.7. The molecular formula is C23H27N7O3. The summed E-state index contributed by atoms with van der Waals surface area (Å²) in [6.07, 6.45) is 0.972. The van der Waals surface area contributed by atoms with Crippen LogP contribution >= 0.6 is 0 Å². The molecule has 0 saturated heterocycles. The van der Waals surface area contributed by atoms with E-state index in [0.717, 1.165) is 31.7 Å². The molecular weight excluding hydrogens is 422 g/mol. The number of primary amides is 1. The largest absolute Gasteiger partial charge is 0.497 e. The topological polar surface area (TPSA) is 128 Å². The first kappa shape index (κ1) is 22.3. The van der Waals surface area contributed by atoms with Gasteiger partial charge in [-0.1, -0.05) is 13.0 Å². The summed E-state index contributed by atoms with van der Waals surface area (Å²) in [5, 5.41) is 14.3. The van der Waals surface area contributed by atoms with Crippen molar-refractivity contribution < 1.29 is 14.3 Å². The van der Waals surface area contributed by atoms with Crippen LogP contribution in [0.5, 0.6) is 11.5 Å². The number of likely N-dealkylation sites (N-methyl/N-ethyl adjacent to an activating group) is 1. The van der Waals surface area contributed by atoms with Gasteiger partial charge in [-0.2, -0.15) is 4.98 Å². The monoisotopic (exact) mass is 449 g/mol. The Kier molecular flexibility index (Phi) is 6.55. The van der Waals surface area contributed by atoms with Gasteiger partial charge in [0.05, 0.1) is 19.9 Å². The number of anilines is 4. The van der Waals surface area contributed by atoms with Crippen molar-refractivity contribution in [2.24, 2.45) is 5.73 Å². The molecule has 2 heterocycles. The predicted molar refractivity (Wildman–Crippen MR) is 126 cm³/mol. The molecule has 0 aliphatic carbocycles. The van der Waals surface area contributed by atoms with Crippen molar-refractivity contribution in [3.8, 4) is 11.5 Å². The first-order valence-corrected chi connectivity index (χ1v) is 10.7. The lowest BCUT2D eigenvalue weighted by Gasteiger charge is -2.28. The summed E-state index contributed by atoms with van der Waals surface area (Å²) >= 11 is 0. The summed E-state index contributed by atoms with van der Waals surface area (Å²) in [7, 11) is 3.20. The number of amides is 1. The molecule has 33 heavy (non-hydrogen) atoms. The number of carbonyl (C=O) groups excluding carboxylic acids is 1. The Morgan fingerprint density at radius 3 is 2.70 bits per heavy atom. The quantitative estimate of drug-likeness (QED) is 0.475. The Morgan fingerprint density at radius 2 is 1.97 bits per heavy atom. The van der Waals surface area contributed by atoms with E-state index in [-0.39, 0.29) is 17.5 Å². The number of nitrogens with zero attached hydrogens (tertiary/aromatic N) is 4. The molecule has 1 amide bonds. The van der Waals surface area contributed by atoms with E-state index in [9.17, 15) is 4.79 Å². The standard InChI is InChI=1S/C23H27N7O3/c1-4-30-9-8-14-11-19(33-3)18(10-15(14)13-30)26-23-27-22(20(21(24)31)28-29-23)25-16-6-5-7-17(12-16)32-2/h5-7,10-12H,4,8-9,13H2,1-3H3,(H2,24,31)(H2,25,26,27,29). The highest BCUT2D eigenvalue weighted by molar-refractivity contribution is 5.96. The molecule has 0 spiro atoms. The van der Waals surface area contributed by atoms with Crippen LogP contribution < -0.4 is 25.8 Å². The van der Waals surface area contributed by atoms with Gasteiger partial charge in [-0.3, -0.25) is 9.69 Å². The number of nitrogens with two attached hydrogens (primary N) is 1. The molecule has 0 atom stereocenters. The third-order valence-electron chi connectivity index (χ3n) is 5.56. The molecule has 4 rings (SSSR count). The molecule has 0 bridgehead atoms. The fourth-order valence-electron chi connectivity index (χ4n) is 3.77. The van der Waals surface area contributed by atoms with Crippen molar-refractivity contribution in [1.29, 1.82) is 0 Å². The van der Waals surface area contributed by atoms with Gasteiger partial charge in [-0.05, 0) is 48.4 Å². The van der Waals surface area contributed by atoms with E-state index in [0.29, 0.717) is 17.2 Å². The maximum absolute atomic E-state index is 11.9. The number of carbonyl (C=O) groups is 1. The fraction of sp³-hybridized carbons (Fsp3) is 0.304. The fourth-order valence-corrected chi connectivity index (χ4v) is 3.77. The number of aromatic nitrogens is 3. The van der Waals surface area contributed by atoms with Gasteiger partial charge in [0.2, 0.25) is 5.95 Å². The summed E-state index contributed by atoms with van der Waals surface area (Å²) < 4.78 is 10.8. The smallest absolute Gasteiger partial charge is 0.273 e. The van der Waals surface area contributed by atoms with Gasteiger partial charge in [-0.25, -0.2) is 0 Å². The van der Waals surface area contributed by atoms with Crippen molar-refractivity contribution in [3.63, 3.8) is 0 Å². The van der Waals surface area contributed by atoms with Crippen LogP contribution in [0.25, 0.3) is 0 Å². The molecule has 0 radical (unpaired) electrons. The normalized spacial score (nSPS) is 13.2. The molecule has 172 valence electrons. The Labute approximate surface area is 192 Å². The average molecular weight is 450 g/mol.